The van der Waals surface area contributed by atoms with Crippen LogP contribution >= 0.6 is 11.3 Å². The second-order valence-electron chi connectivity index (χ2n) is 8.49. The van der Waals surface area contributed by atoms with Gasteiger partial charge in [0.05, 0.1) is 47.0 Å². The Labute approximate surface area is 221 Å². The second kappa shape index (κ2) is 9.54. The zero-order valence-corrected chi connectivity index (χ0v) is 22.1. The number of fused-ring (bicyclic) bond motifs is 2. The predicted octanol–water partition coefficient (Wildman–Crippen LogP) is 3.77. The van der Waals surface area contributed by atoms with Crippen molar-refractivity contribution in [2.75, 3.05) is 25.8 Å². The normalized spacial score (nSPS) is 13.1. The number of benzene rings is 3. The Morgan fingerprint density at radius 3 is 2.29 bits per heavy atom. The number of amides is 3. The lowest BCUT2D eigenvalue weighted by atomic mass is 10.1. The number of nitrogens with zero attached hydrogens (tertiary/aromatic N) is 2. The van der Waals surface area contributed by atoms with Gasteiger partial charge in [-0.3, -0.25) is 24.6 Å². The number of nitrogens with one attached hydrogen (secondary N) is 1. The van der Waals surface area contributed by atoms with Gasteiger partial charge < -0.3 is 9.47 Å². The molecule has 12 heteroatoms. The maximum Gasteiger partial charge on any atom is 0.261 e. The number of methoxy groups -OCH3 is 2. The van der Waals surface area contributed by atoms with Gasteiger partial charge >= 0.3 is 0 Å². The molecule has 0 saturated carbocycles. The molecule has 194 valence electrons. The van der Waals surface area contributed by atoms with Crippen LogP contribution in [0, 0.1) is 0 Å². The summed E-state index contributed by atoms with van der Waals surface area (Å²) in [5.41, 5.74) is 1.75. The van der Waals surface area contributed by atoms with Crippen LogP contribution in [0.5, 0.6) is 11.5 Å². The van der Waals surface area contributed by atoms with E-state index in [0.29, 0.717) is 26.9 Å². The zero-order valence-electron chi connectivity index (χ0n) is 20.5. The Kier molecular flexibility index (Phi) is 6.37. The van der Waals surface area contributed by atoms with Gasteiger partial charge in [0, 0.05) is 17.4 Å². The minimum absolute atomic E-state index is 0.137. The number of carbonyl (C=O) groups excluding carboxylic acids is 3. The summed E-state index contributed by atoms with van der Waals surface area (Å²) in [5, 5.41) is 2.99. The molecule has 0 aliphatic carbocycles. The number of thiazole rings is 1. The van der Waals surface area contributed by atoms with Crippen LogP contribution in [0.1, 0.15) is 36.6 Å². The van der Waals surface area contributed by atoms with Gasteiger partial charge in [-0.1, -0.05) is 23.5 Å². The first-order valence-electron chi connectivity index (χ1n) is 11.2. The first kappa shape index (κ1) is 25.4. The van der Waals surface area contributed by atoms with Crippen LogP contribution in [-0.2, 0) is 16.4 Å². The standard InChI is InChI=1S/C26H21N3O7S2/c1-35-20-11-14(23(30)28-26-27-19-9-8-16(38(3,33)34)12-21(19)37-26)10-15(22(20)36-2)13-29-24(31)17-6-4-5-7-18(17)25(29)32/h4-12H,13H2,1-3H3,(H,27,28,30). The van der Waals surface area contributed by atoms with Crippen LogP contribution in [0.4, 0.5) is 5.13 Å². The van der Waals surface area contributed by atoms with Crippen LogP contribution in [0.2, 0.25) is 0 Å². The molecular weight excluding hydrogens is 530 g/mol. The third kappa shape index (κ3) is 4.48. The maximum absolute atomic E-state index is 13.2. The molecule has 2 heterocycles. The Hall–Kier alpha value is -4.29. The van der Waals surface area contributed by atoms with E-state index >= 15 is 0 Å². The van der Waals surface area contributed by atoms with Crippen LogP contribution in [0.15, 0.2) is 59.5 Å². The summed E-state index contributed by atoms with van der Waals surface area (Å²) < 4.78 is 35.3. The van der Waals surface area contributed by atoms with Crippen LogP contribution in [0.25, 0.3) is 10.2 Å². The zero-order chi connectivity index (χ0) is 27.2. The van der Waals surface area contributed by atoms with Crippen molar-refractivity contribution in [2.45, 2.75) is 11.4 Å². The van der Waals surface area contributed by atoms with E-state index in [2.05, 4.69) is 10.3 Å². The number of sulfone groups is 1. The summed E-state index contributed by atoms with van der Waals surface area (Å²) in [4.78, 5) is 44.6. The summed E-state index contributed by atoms with van der Waals surface area (Å²) >= 11 is 1.13. The summed E-state index contributed by atoms with van der Waals surface area (Å²) in [6.07, 6.45) is 1.12. The molecule has 1 N–H and O–H groups in total. The smallest absolute Gasteiger partial charge is 0.261 e. The third-order valence-corrected chi connectivity index (χ3v) is 8.08. The molecule has 3 amide bonds. The second-order valence-corrected chi connectivity index (χ2v) is 11.5. The Morgan fingerprint density at radius 2 is 1.68 bits per heavy atom. The monoisotopic (exact) mass is 551 g/mol. The van der Waals surface area contributed by atoms with E-state index in [1.807, 2.05) is 0 Å². The summed E-state index contributed by atoms with van der Waals surface area (Å²) in [6.45, 7) is -0.137. The largest absolute Gasteiger partial charge is 0.493 e. The highest BCUT2D eigenvalue weighted by Crippen LogP contribution is 2.36. The van der Waals surface area contributed by atoms with Crippen molar-refractivity contribution < 1.29 is 32.3 Å². The fraction of sp³-hybridized carbons (Fsp3) is 0.154. The lowest BCUT2D eigenvalue weighted by Gasteiger charge is -2.19. The van der Waals surface area contributed by atoms with Crippen molar-refractivity contribution in [1.29, 1.82) is 0 Å². The van der Waals surface area contributed by atoms with Gasteiger partial charge in [-0.25, -0.2) is 13.4 Å². The van der Waals surface area contributed by atoms with Crippen LogP contribution in [0.3, 0.4) is 0 Å². The minimum Gasteiger partial charge on any atom is -0.493 e. The van der Waals surface area contributed by atoms with Crippen molar-refractivity contribution in [3.05, 3.63) is 76.9 Å². The van der Waals surface area contributed by atoms with Gasteiger partial charge in [0.15, 0.2) is 26.5 Å². The van der Waals surface area contributed by atoms with Gasteiger partial charge in [-0.15, -0.1) is 0 Å². The molecule has 0 unspecified atom stereocenters. The Balaban J connectivity index is 1.46. The average molecular weight is 552 g/mol. The van der Waals surface area contributed by atoms with E-state index in [1.54, 1.807) is 30.3 Å². The lowest BCUT2D eigenvalue weighted by molar-refractivity contribution is 0.0641. The highest BCUT2D eigenvalue weighted by molar-refractivity contribution is 7.90. The van der Waals surface area contributed by atoms with Crippen LogP contribution in [-0.4, -0.2) is 56.5 Å². The number of anilines is 1. The first-order valence-corrected chi connectivity index (χ1v) is 13.9. The molecule has 38 heavy (non-hydrogen) atoms. The summed E-state index contributed by atoms with van der Waals surface area (Å²) in [6, 6.07) is 14.1. The number of imide groups is 1. The molecule has 0 atom stereocenters. The number of ether oxygens (including phenoxy) is 2. The van der Waals surface area contributed by atoms with Gasteiger partial charge in [0.2, 0.25) is 0 Å². The molecule has 1 aliphatic heterocycles. The highest BCUT2D eigenvalue weighted by atomic mass is 32.2. The van der Waals surface area contributed by atoms with Gasteiger partial charge in [-0.05, 0) is 42.5 Å². The highest BCUT2D eigenvalue weighted by Gasteiger charge is 2.36. The van der Waals surface area contributed by atoms with Crippen molar-refractivity contribution in [3.8, 4) is 11.5 Å². The van der Waals surface area contributed by atoms with Crippen molar-refractivity contribution in [1.82, 2.24) is 9.88 Å². The molecule has 1 aromatic heterocycles. The van der Waals surface area contributed by atoms with E-state index in [4.69, 9.17) is 9.47 Å². The SMILES string of the molecule is COc1cc(C(=O)Nc2nc3ccc(S(C)(=O)=O)cc3s2)cc(CN2C(=O)c3ccccc3C2=O)c1OC. The molecule has 0 radical (unpaired) electrons. The fourth-order valence-electron chi connectivity index (χ4n) is 4.20. The maximum atomic E-state index is 13.2. The molecule has 4 aromatic rings. The van der Waals surface area contributed by atoms with E-state index < -0.39 is 27.6 Å². The fourth-order valence-corrected chi connectivity index (χ4v) is 5.83. The average Bonchev–Trinajstić information content (AvgIpc) is 3.40. The molecule has 0 fully saturated rings. The van der Waals surface area contributed by atoms with Gasteiger partial charge in [0.1, 0.15) is 0 Å². The molecular formula is C26H21N3O7S2. The van der Waals surface area contributed by atoms with E-state index in [-0.39, 0.29) is 33.6 Å². The number of hydrogen-bond acceptors (Lipinski definition) is 9. The van der Waals surface area contributed by atoms with Gasteiger partial charge in [0.25, 0.3) is 17.7 Å². The number of rotatable bonds is 7. The Morgan fingerprint density at radius 1 is 1.00 bits per heavy atom. The molecule has 10 nitrogen and oxygen atoms in total. The molecule has 3 aromatic carbocycles. The predicted molar refractivity (Wildman–Crippen MR) is 141 cm³/mol. The van der Waals surface area contributed by atoms with Crippen molar-refractivity contribution in [2.24, 2.45) is 0 Å². The molecule has 1 aliphatic rings. The van der Waals surface area contributed by atoms with Crippen molar-refractivity contribution >= 4 is 54.2 Å². The lowest BCUT2D eigenvalue weighted by Crippen LogP contribution is -2.29. The molecule has 5 rings (SSSR count). The van der Waals surface area contributed by atoms with Gasteiger partial charge in [-0.2, -0.15) is 0 Å². The molecule has 0 spiro atoms. The Bertz CT molecular complexity index is 1710. The number of hydrogen-bond donors (Lipinski definition) is 1. The summed E-state index contributed by atoms with van der Waals surface area (Å²) in [7, 11) is -0.551. The van der Waals surface area contributed by atoms with Crippen molar-refractivity contribution in [3.63, 3.8) is 0 Å². The number of aromatic nitrogens is 1. The van der Waals surface area contributed by atoms with Crippen LogP contribution < -0.4 is 14.8 Å². The first-order chi connectivity index (χ1) is 18.1. The molecule has 0 bridgehead atoms. The number of carbonyl (C=O) groups is 3. The minimum atomic E-state index is -3.39. The third-order valence-electron chi connectivity index (χ3n) is 6.03. The summed E-state index contributed by atoms with van der Waals surface area (Å²) in [5.74, 6) is -0.867. The molecule has 0 saturated heterocycles. The van der Waals surface area contributed by atoms with E-state index in [9.17, 15) is 22.8 Å². The quantitative estimate of drug-likeness (QED) is 0.344. The van der Waals surface area contributed by atoms with E-state index in [1.165, 1.54) is 38.5 Å². The topological polar surface area (TPSA) is 132 Å². The van der Waals surface area contributed by atoms with E-state index in [0.717, 1.165) is 22.5 Å².